The number of rotatable bonds is 12. The molecule has 2 saturated heterocycles. The Morgan fingerprint density at radius 3 is 1.49 bits per heavy atom. The van der Waals surface area contributed by atoms with Crippen molar-refractivity contribution in [1.29, 1.82) is 0 Å². The van der Waals surface area contributed by atoms with Gasteiger partial charge in [-0.2, -0.15) is 0 Å². The molecule has 1 N–H and O–H groups in total. The molecule has 73 heavy (non-hydrogen) atoms. The molecule has 6 aromatic carbocycles. The molecule has 0 aliphatic carbocycles. The fourth-order valence-electron chi connectivity index (χ4n) is 10.1. The molecule has 2 fully saturated rings. The van der Waals surface area contributed by atoms with Crippen molar-refractivity contribution >= 4 is 74.0 Å². The van der Waals surface area contributed by atoms with Crippen LogP contribution in [0.5, 0.6) is 11.5 Å². The van der Waals surface area contributed by atoms with Gasteiger partial charge in [-0.15, -0.1) is 0 Å². The van der Waals surface area contributed by atoms with Gasteiger partial charge in [-0.25, -0.2) is 4.79 Å². The summed E-state index contributed by atoms with van der Waals surface area (Å²) in [4.78, 5) is 49.1. The van der Waals surface area contributed by atoms with Crippen molar-refractivity contribution in [3.05, 3.63) is 118 Å². The molecule has 3 amide bonds. The number of nitrogens with zero attached hydrogens (tertiary/aromatic N) is 5. The first kappa shape index (κ1) is 52.0. The highest BCUT2D eigenvalue weighted by Crippen LogP contribution is 2.46. The second-order valence-electron chi connectivity index (χ2n) is 21.7. The highest BCUT2D eigenvalue weighted by Gasteiger charge is 2.41. The summed E-state index contributed by atoms with van der Waals surface area (Å²) in [6.07, 6.45) is -0.187. The van der Waals surface area contributed by atoms with Gasteiger partial charge in [-0.05, 0) is 131 Å². The molecule has 0 radical (unpaired) electrons. The lowest BCUT2D eigenvalue weighted by Crippen LogP contribution is -2.57. The van der Waals surface area contributed by atoms with Gasteiger partial charge in [0.1, 0.15) is 17.1 Å². The number of ether oxygens (including phenoxy) is 3. The van der Waals surface area contributed by atoms with Gasteiger partial charge in [0, 0.05) is 88.2 Å². The number of carbonyl (C=O) groups is 3. The molecule has 10 rings (SSSR count). The molecule has 384 valence electrons. The Kier molecular flexibility index (Phi) is 15.3. The van der Waals surface area contributed by atoms with Crippen LogP contribution in [0, 0.1) is 25.7 Å². The quantitative estimate of drug-likeness (QED) is 0.128. The lowest BCUT2D eigenvalue weighted by Gasteiger charge is -2.43. The summed E-state index contributed by atoms with van der Waals surface area (Å²) in [5.74, 6) is 1.92. The Bertz CT molecular complexity index is 3050. The normalized spacial score (nSPS) is 18.0. The number of nitrogens with one attached hydrogen (secondary N) is 1. The van der Waals surface area contributed by atoms with E-state index in [0.717, 1.165) is 81.6 Å². The number of benzene rings is 6. The topological polar surface area (TPSA) is 107 Å². The summed E-state index contributed by atoms with van der Waals surface area (Å²) < 4.78 is 18.2. The lowest BCUT2D eigenvalue weighted by molar-refractivity contribution is -0.127. The Labute approximate surface area is 440 Å². The molecule has 0 spiro atoms. The highest BCUT2D eigenvalue weighted by molar-refractivity contribution is 6.35. The van der Waals surface area contributed by atoms with Gasteiger partial charge in [0.15, 0.2) is 12.2 Å². The fraction of sp³-hybridized carbons (Fsp3) is 0.407. The van der Waals surface area contributed by atoms with Crippen molar-refractivity contribution in [2.75, 3.05) is 90.3 Å². The molecule has 4 aliphatic rings. The first-order valence-electron chi connectivity index (χ1n) is 25.4. The van der Waals surface area contributed by atoms with Crippen molar-refractivity contribution in [2.45, 2.75) is 65.3 Å². The monoisotopic (exact) mass is 1030 g/mol. The number of amides is 3. The van der Waals surface area contributed by atoms with Gasteiger partial charge in [-0.1, -0.05) is 96.0 Å². The summed E-state index contributed by atoms with van der Waals surface area (Å²) in [6, 6.07) is 33.1. The average molecular weight is 1030 g/mol. The lowest BCUT2D eigenvalue weighted by atomic mass is 9.94. The third kappa shape index (κ3) is 11.6. The van der Waals surface area contributed by atoms with E-state index in [4.69, 9.17) is 37.4 Å². The Morgan fingerprint density at radius 1 is 0.644 bits per heavy atom. The second-order valence-corrected chi connectivity index (χ2v) is 22.6. The summed E-state index contributed by atoms with van der Waals surface area (Å²) in [5.41, 5.74) is 7.15. The number of halogens is 2. The third-order valence-corrected chi connectivity index (χ3v) is 14.6. The molecule has 4 aliphatic heterocycles. The maximum atomic E-state index is 13.7. The van der Waals surface area contributed by atoms with Crippen LogP contribution in [-0.2, 0) is 14.3 Å². The first-order valence-corrected chi connectivity index (χ1v) is 26.2. The van der Waals surface area contributed by atoms with E-state index in [2.05, 4.69) is 78.7 Å². The number of carbonyl (C=O) groups excluding carboxylic acids is 3. The Balaban J connectivity index is 0.000000183. The van der Waals surface area contributed by atoms with Crippen molar-refractivity contribution in [3.63, 3.8) is 0 Å². The maximum absolute atomic E-state index is 13.7. The van der Waals surface area contributed by atoms with E-state index >= 15 is 0 Å². The predicted octanol–water partition coefficient (Wildman–Crippen LogP) is 11.1. The van der Waals surface area contributed by atoms with Crippen LogP contribution < -0.4 is 24.6 Å². The number of likely N-dealkylation sites (tertiary alicyclic amines) is 1. The molecule has 0 bridgehead atoms. The molecular weight excluding hydrogens is 960 g/mol. The van der Waals surface area contributed by atoms with Gasteiger partial charge in [0.2, 0.25) is 0 Å². The van der Waals surface area contributed by atoms with E-state index in [-0.39, 0.29) is 23.8 Å². The number of anilines is 2. The number of hydrogen-bond acceptors (Lipinski definition) is 9. The van der Waals surface area contributed by atoms with E-state index in [1.54, 1.807) is 9.80 Å². The molecule has 6 aromatic rings. The van der Waals surface area contributed by atoms with Crippen molar-refractivity contribution in [1.82, 2.24) is 20.0 Å². The predicted molar refractivity (Wildman–Crippen MR) is 296 cm³/mol. The molecule has 0 unspecified atom stereocenters. The minimum absolute atomic E-state index is 0.0288. The third-order valence-electron chi connectivity index (χ3n) is 13.9. The first-order chi connectivity index (χ1) is 34.8. The number of aryl methyl sites for hydroxylation is 2. The van der Waals surface area contributed by atoms with Gasteiger partial charge in [0.05, 0.1) is 21.4 Å². The van der Waals surface area contributed by atoms with Crippen LogP contribution in [0.2, 0.25) is 10.0 Å². The van der Waals surface area contributed by atoms with Crippen LogP contribution >= 0.6 is 23.2 Å². The van der Waals surface area contributed by atoms with E-state index in [9.17, 15) is 14.4 Å². The van der Waals surface area contributed by atoms with Gasteiger partial charge >= 0.3 is 6.09 Å². The largest absolute Gasteiger partial charge is 0.478 e. The molecular formula is C59H68Cl2N6O6. The Morgan fingerprint density at radius 2 is 1.08 bits per heavy atom. The average Bonchev–Trinajstić information content (AvgIpc) is 3.30. The Hall–Kier alpha value is -5.89. The SMILES string of the molecule is Cc1cc(-c2cc3c(cc2Cl)N(CC2CN(C(=O)OC(C)(C)C)C2)C(=O)[C@@H](CCN(C)C)O3)c2ccccc2c1.Cc1cc(-c2cc3c(cc2Cl)N(CC2CNC2)C(=O)[C@@H](CCN(C)C)O3)c2ccccc2c1. The van der Waals surface area contributed by atoms with Crippen molar-refractivity contribution < 1.29 is 28.6 Å². The number of fused-ring (bicyclic) bond motifs is 4. The van der Waals surface area contributed by atoms with Crippen LogP contribution in [0.1, 0.15) is 44.7 Å². The van der Waals surface area contributed by atoms with Gasteiger partial charge in [0.25, 0.3) is 11.8 Å². The van der Waals surface area contributed by atoms with Crippen LogP contribution in [-0.4, -0.2) is 131 Å². The van der Waals surface area contributed by atoms with Gasteiger partial charge in [-0.3, -0.25) is 9.59 Å². The smallest absolute Gasteiger partial charge is 0.410 e. The standard InChI is InChI=1S/C32H38ClN3O4.C27H30ClN3O2/c1-20-13-22-9-7-8-10-23(22)24(14-20)25-15-29-27(16-26(25)33)36(30(37)28(39-29)11-12-34(5)6)19-21-17-35(18-21)31(38)40-32(2,3)4;1-17-10-19-6-4-5-7-20(19)21(11-17)22-12-26-24(13-23(22)28)31(16-18-14-29-15-18)27(32)25(33-26)8-9-30(2)3/h7-10,13-16,21,28H,11-12,17-19H2,1-6H3;4-7,10-13,18,25,29H,8-9,14-16H2,1-3H3/t28-;25-/m11/s1. The van der Waals surface area contributed by atoms with E-state index < -0.39 is 17.8 Å². The zero-order chi connectivity index (χ0) is 51.9. The van der Waals surface area contributed by atoms with Crippen LogP contribution in [0.25, 0.3) is 43.8 Å². The van der Waals surface area contributed by atoms with E-state index in [1.165, 1.54) is 10.9 Å². The summed E-state index contributed by atoms with van der Waals surface area (Å²) in [7, 11) is 8.00. The maximum Gasteiger partial charge on any atom is 0.410 e. The molecule has 0 aromatic heterocycles. The van der Waals surface area contributed by atoms with Crippen LogP contribution in [0.15, 0.2) is 97.1 Å². The summed E-state index contributed by atoms with van der Waals surface area (Å²) in [5, 5.41) is 9.08. The molecule has 4 heterocycles. The van der Waals surface area contributed by atoms with Gasteiger partial charge < -0.3 is 44.0 Å². The van der Waals surface area contributed by atoms with Crippen molar-refractivity contribution in [2.24, 2.45) is 11.8 Å². The fourth-order valence-corrected chi connectivity index (χ4v) is 10.6. The molecule has 0 saturated carbocycles. The van der Waals surface area contributed by atoms with Crippen molar-refractivity contribution in [3.8, 4) is 33.8 Å². The molecule has 12 nitrogen and oxygen atoms in total. The molecule has 14 heteroatoms. The zero-order valence-corrected chi connectivity index (χ0v) is 45.1. The number of hydrogen-bond donors (Lipinski definition) is 1. The highest BCUT2D eigenvalue weighted by atomic mass is 35.5. The minimum atomic E-state index is -0.597. The minimum Gasteiger partial charge on any atom is -0.478 e. The molecule has 2 atom stereocenters. The van der Waals surface area contributed by atoms with E-state index in [0.29, 0.717) is 66.4 Å². The summed E-state index contributed by atoms with van der Waals surface area (Å²) >= 11 is 13.8. The zero-order valence-electron chi connectivity index (χ0n) is 43.6. The second kappa shape index (κ2) is 21.5. The van der Waals surface area contributed by atoms with Crippen LogP contribution in [0.3, 0.4) is 0 Å². The summed E-state index contributed by atoms with van der Waals surface area (Å²) in [6.45, 7) is 15.4. The van der Waals surface area contributed by atoms with Crippen LogP contribution in [0.4, 0.5) is 16.2 Å². The van der Waals surface area contributed by atoms with E-state index in [1.807, 2.05) is 101 Å².